The van der Waals surface area contributed by atoms with E-state index in [0.29, 0.717) is 32.2 Å². The molecular weight excluding hydrogens is 245 g/mol. The van der Waals surface area contributed by atoms with E-state index in [0.717, 1.165) is 5.56 Å². The van der Waals surface area contributed by atoms with Crippen molar-refractivity contribution in [3.8, 4) is 0 Å². The topological polar surface area (TPSA) is 37.4 Å². The van der Waals surface area contributed by atoms with Crippen LogP contribution >= 0.6 is 0 Å². The van der Waals surface area contributed by atoms with E-state index in [2.05, 4.69) is 0 Å². The van der Waals surface area contributed by atoms with Gasteiger partial charge in [0, 0.05) is 32.4 Å². The van der Waals surface area contributed by atoms with Gasteiger partial charge in [-0.25, -0.2) is 4.39 Å². The van der Waals surface area contributed by atoms with Gasteiger partial charge in [-0.05, 0) is 30.5 Å². The number of Topliss-reactive ketones (excluding diaryl/α,β-unsaturated/α-hetero) is 1. The van der Waals surface area contributed by atoms with Crippen LogP contribution < -0.4 is 0 Å². The Hall–Kier alpha value is -1.71. The van der Waals surface area contributed by atoms with Gasteiger partial charge in [0.1, 0.15) is 11.6 Å². The number of nitrogens with zero attached hydrogens (tertiary/aromatic N) is 1. The van der Waals surface area contributed by atoms with Gasteiger partial charge in [0.2, 0.25) is 5.91 Å². The summed E-state index contributed by atoms with van der Waals surface area (Å²) < 4.78 is 13.1. The average Bonchev–Trinajstić information content (AvgIpc) is 2.39. The van der Waals surface area contributed by atoms with Gasteiger partial charge < -0.3 is 4.90 Å². The van der Waals surface area contributed by atoms with Gasteiger partial charge >= 0.3 is 0 Å². The highest BCUT2D eigenvalue weighted by molar-refractivity contribution is 5.84. The van der Waals surface area contributed by atoms with Gasteiger partial charge in [-0.15, -0.1) is 0 Å². The highest BCUT2D eigenvalue weighted by Crippen LogP contribution is 2.23. The second kappa shape index (κ2) is 5.95. The van der Waals surface area contributed by atoms with E-state index in [1.807, 2.05) is 0 Å². The van der Waals surface area contributed by atoms with Crippen LogP contribution in [0.1, 0.15) is 31.2 Å². The van der Waals surface area contributed by atoms with Crippen molar-refractivity contribution < 1.29 is 14.0 Å². The van der Waals surface area contributed by atoms with Crippen molar-refractivity contribution in [1.82, 2.24) is 4.90 Å². The Balaban J connectivity index is 1.94. The Bertz CT molecular complexity index is 477. The smallest absolute Gasteiger partial charge is 0.225 e. The van der Waals surface area contributed by atoms with Gasteiger partial charge in [-0.3, -0.25) is 9.59 Å². The van der Waals surface area contributed by atoms with Crippen LogP contribution in [-0.4, -0.2) is 23.6 Å². The summed E-state index contributed by atoms with van der Waals surface area (Å²) in [6.45, 7) is 0.404. The third-order valence-electron chi connectivity index (χ3n) is 3.58. The molecule has 19 heavy (non-hydrogen) atoms. The zero-order valence-electron chi connectivity index (χ0n) is 11.1. The van der Waals surface area contributed by atoms with Crippen molar-refractivity contribution in [3.05, 3.63) is 35.6 Å². The minimum absolute atomic E-state index is 0.0526. The van der Waals surface area contributed by atoms with Crippen molar-refractivity contribution in [2.24, 2.45) is 5.92 Å². The van der Waals surface area contributed by atoms with Crippen LogP contribution in [0.2, 0.25) is 0 Å². The lowest BCUT2D eigenvalue weighted by atomic mass is 9.87. The van der Waals surface area contributed by atoms with Crippen molar-refractivity contribution >= 4 is 11.7 Å². The Morgan fingerprint density at radius 1 is 1.37 bits per heavy atom. The third kappa shape index (κ3) is 3.63. The summed E-state index contributed by atoms with van der Waals surface area (Å²) in [6, 6.07) is 6.27. The molecule has 3 nitrogen and oxygen atoms in total. The molecule has 1 aliphatic rings. The number of ketones is 1. The van der Waals surface area contributed by atoms with Crippen LogP contribution in [0.15, 0.2) is 24.3 Å². The van der Waals surface area contributed by atoms with Crippen molar-refractivity contribution in [1.29, 1.82) is 0 Å². The van der Waals surface area contributed by atoms with Crippen molar-refractivity contribution in [2.45, 2.75) is 32.2 Å². The van der Waals surface area contributed by atoms with Crippen LogP contribution in [-0.2, 0) is 16.1 Å². The molecule has 1 aromatic carbocycles. The number of hydrogen-bond acceptors (Lipinski definition) is 2. The number of benzene rings is 1. The molecule has 0 atom stereocenters. The molecule has 102 valence electrons. The largest absolute Gasteiger partial charge is 0.341 e. The molecule has 0 heterocycles. The highest BCUT2D eigenvalue weighted by Gasteiger charge is 2.26. The van der Waals surface area contributed by atoms with Crippen molar-refractivity contribution in [3.63, 3.8) is 0 Å². The molecule has 1 fully saturated rings. The predicted octanol–water partition coefficient (Wildman–Crippen LogP) is 2.54. The molecule has 0 spiro atoms. The lowest BCUT2D eigenvalue weighted by Crippen LogP contribution is -2.34. The molecule has 0 radical (unpaired) electrons. The fraction of sp³-hybridized carbons (Fsp3) is 0.467. The molecule has 0 bridgehead atoms. The van der Waals surface area contributed by atoms with Crippen LogP contribution in [0, 0.1) is 11.7 Å². The predicted molar refractivity (Wildman–Crippen MR) is 69.8 cm³/mol. The average molecular weight is 263 g/mol. The second-order valence-electron chi connectivity index (χ2n) is 5.14. The van der Waals surface area contributed by atoms with E-state index in [1.54, 1.807) is 24.1 Å². The van der Waals surface area contributed by atoms with Gasteiger partial charge in [0.25, 0.3) is 0 Å². The van der Waals surface area contributed by atoms with E-state index in [1.165, 1.54) is 12.1 Å². The standard InChI is InChI=1S/C15H18FNO2/c1-17(10-11-3-2-4-13(16)9-11)15(19)12-5-7-14(18)8-6-12/h2-4,9,12H,5-8,10H2,1H3. The number of carbonyl (C=O) groups excluding carboxylic acids is 2. The molecule has 0 unspecified atom stereocenters. The van der Waals surface area contributed by atoms with E-state index in [-0.39, 0.29) is 23.4 Å². The van der Waals surface area contributed by atoms with Gasteiger partial charge in [0.15, 0.2) is 0 Å². The number of halogens is 1. The molecule has 1 saturated carbocycles. The monoisotopic (exact) mass is 263 g/mol. The van der Waals surface area contributed by atoms with Gasteiger partial charge in [0.05, 0.1) is 0 Å². The van der Waals surface area contributed by atoms with Crippen LogP contribution in [0.5, 0.6) is 0 Å². The first-order valence-corrected chi connectivity index (χ1v) is 6.57. The molecule has 4 heteroatoms. The van der Waals surface area contributed by atoms with Crippen LogP contribution in [0.25, 0.3) is 0 Å². The van der Waals surface area contributed by atoms with E-state index in [9.17, 15) is 14.0 Å². The molecule has 0 aromatic heterocycles. The van der Waals surface area contributed by atoms with Gasteiger partial charge in [-0.2, -0.15) is 0 Å². The summed E-state index contributed by atoms with van der Waals surface area (Å²) in [6.07, 6.45) is 2.30. The quantitative estimate of drug-likeness (QED) is 0.840. The second-order valence-corrected chi connectivity index (χ2v) is 5.14. The highest BCUT2D eigenvalue weighted by atomic mass is 19.1. The summed E-state index contributed by atoms with van der Waals surface area (Å²) >= 11 is 0. The zero-order valence-corrected chi connectivity index (χ0v) is 11.1. The summed E-state index contributed by atoms with van der Waals surface area (Å²) in [4.78, 5) is 25.0. The Morgan fingerprint density at radius 3 is 2.68 bits per heavy atom. The van der Waals surface area contributed by atoms with E-state index in [4.69, 9.17) is 0 Å². The minimum atomic E-state index is -0.290. The first-order valence-electron chi connectivity index (χ1n) is 6.57. The third-order valence-corrected chi connectivity index (χ3v) is 3.58. The fourth-order valence-electron chi connectivity index (χ4n) is 2.49. The molecular formula is C15H18FNO2. The van der Waals surface area contributed by atoms with E-state index < -0.39 is 0 Å². The number of rotatable bonds is 3. The summed E-state index contributed by atoms with van der Waals surface area (Å²) in [5.74, 6) is -0.0496. The number of hydrogen-bond donors (Lipinski definition) is 0. The van der Waals surface area contributed by atoms with Crippen molar-refractivity contribution in [2.75, 3.05) is 7.05 Å². The maximum atomic E-state index is 13.1. The molecule has 0 aliphatic heterocycles. The molecule has 1 aliphatic carbocycles. The molecule has 0 saturated heterocycles. The van der Waals surface area contributed by atoms with E-state index >= 15 is 0 Å². The number of carbonyl (C=O) groups is 2. The maximum Gasteiger partial charge on any atom is 0.225 e. The molecule has 1 amide bonds. The molecule has 0 N–H and O–H groups in total. The zero-order chi connectivity index (χ0) is 13.8. The Morgan fingerprint density at radius 2 is 2.05 bits per heavy atom. The summed E-state index contributed by atoms with van der Waals surface area (Å²) in [5, 5.41) is 0. The van der Waals surface area contributed by atoms with Crippen LogP contribution in [0.3, 0.4) is 0 Å². The van der Waals surface area contributed by atoms with Crippen LogP contribution in [0.4, 0.5) is 4.39 Å². The molecule has 2 rings (SSSR count). The Labute approximate surface area is 112 Å². The first-order chi connectivity index (χ1) is 9.06. The summed E-state index contributed by atoms with van der Waals surface area (Å²) in [7, 11) is 1.73. The first kappa shape index (κ1) is 13.7. The minimum Gasteiger partial charge on any atom is -0.341 e. The van der Waals surface area contributed by atoms with Gasteiger partial charge in [-0.1, -0.05) is 12.1 Å². The lowest BCUT2D eigenvalue weighted by molar-refractivity contribution is -0.136. The fourth-order valence-corrected chi connectivity index (χ4v) is 2.49. The number of amides is 1. The SMILES string of the molecule is CN(Cc1cccc(F)c1)C(=O)C1CCC(=O)CC1. The molecule has 1 aromatic rings. The lowest BCUT2D eigenvalue weighted by Gasteiger charge is -2.26. The normalized spacial score (nSPS) is 16.4. The Kier molecular flexibility index (Phi) is 4.30. The summed E-state index contributed by atoms with van der Waals surface area (Å²) in [5.41, 5.74) is 0.780. The maximum absolute atomic E-state index is 13.1.